The van der Waals surface area contributed by atoms with E-state index in [-0.39, 0.29) is 18.4 Å². The van der Waals surface area contributed by atoms with Crippen LogP contribution in [-0.2, 0) is 20.8 Å². The second-order valence-corrected chi connectivity index (χ2v) is 6.89. The van der Waals surface area contributed by atoms with Gasteiger partial charge in [0.1, 0.15) is 5.69 Å². The minimum absolute atomic E-state index is 0.257. The van der Waals surface area contributed by atoms with Crippen LogP contribution in [0.2, 0.25) is 0 Å². The Labute approximate surface area is 168 Å². The van der Waals surface area contributed by atoms with Gasteiger partial charge < -0.3 is 19.0 Å². The maximum Gasteiger partial charge on any atom is 0.355 e. The van der Waals surface area contributed by atoms with Gasteiger partial charge in [0.2, 0.25) is 5.78 Å². The lowest BCUT2D eigenvalue weighted by atomic mass is 10.1. The lowest BCUT2D eigenvalue weighted by molar-refractivity contribution is -0.140. The van der Waals surface area contributed by atoms with Crippen LogP contribution in [0, 0.1) is 13.8 Å². The minimum atomic E-state index is -0.568. The molecule has 3 rings (SSSR count). The first-order valence-corrected chi connectivity index (χ1v) is 9.42. The zero-order chi connectivity index (χ0) is 21.0. The SMILES string of the molecule is COC(=O)CCCn1c(C)cc(C(=O)COC(=O)c2cc3ccccc3[nH]2)c1C. The third-order valence-corrected chi connectivity index (χ3v) is 4.95. The van der Waals surface area contributed by atoms with E-state index < -0.39 is 5.97 Å². The summed E-state index contributed by atoms with van der Waals surface area (Å²) in [4.78, 5) is 39.1. The van der Waals surface area contributed by atoms with Gasteiger partial charge in [-0.1, -0.05) is 18.2 Å². The highest BCUT2D eigenvalue weighted by molar-refractivity contribution is 6.01. The van der Waals surface area contributed by atoms with E-state index in [1.165, 1.54) is 7.11 Å². The smallest absolute Gasteiger partial charge is 0.355 e. The Kier molecular flexibility index (Phi) is 6.16. The standard InChI is InChI=1S/C22H24N2O5/c1-14-11-17(15(2)24(14)10-6-9-21(26)28-3)20(25)13-29-22(27)19-12-16-7-4-5-8-18(16)23-19/h4-5,7-8,11-12,23H,6,9-10,13H2,1-3H3. The maximum atomic E-state index is 12.6. The van der Waals surface area contributed by atoms with Crippen LogP contribution in [0.3, 0.4) is 0 Å². The number of aryl methyl sites for hydroxylation is 1. The van der Waals surface area contributed by atoms with Crippen LogP contribution in [0.25, 0.3) is 10.9 Å². The third kappa shape index (κ3) is 4.56. The molecule has 0 aliphatic carbocycles. The van der Waals surface area contributed by atoms with E-state index in [2.05, 4.69) is 9.72 Å². The number of Topliss-reactive ketones (excluding diaryl/α,β-unsaturated/α-hetero) is 1. The molecule has 0 aliphatic heterocycles. The van der Waals surface area contributed by atoms with Crippen molar-refractivity contribution in [1.29, 1.82) is 0 Å². The summed E-state index contributed by atoms with van der Waals surface area (Å²) < 4.78 is 11.8. The summed E-state index contributed by atoms with van der Waals surface area (Å²) in [6.07, 6.45) is 0.936. The molecule has 0 fully saturated rings. The van der Waals surface area contributed by atoms with Crippen molar-refractivity contribution in [2.75, 3.05) is 13.7 Å². The van der Waals surface area contributed by atoms with Gasteiger partial charge >= 0.3 is 11.9 Å². The molecule has 7 heteroatoms. The van der Waals surface area contributed by atoms with Crippen molar-refractivity contribution in [3.63, 3.8) is 0 Å². The van der Waals surface area contributed by atoms with Gasteiger partial charge in [0, 0.05) is 40.8 Å². The minimum Gasteiger partial charge on any atom is -0.469 e. The molecule has 0 spiro atoms. The Bertz CT molecular complexity index is 1030. The lowest BCUT2D eigenvalue weighted by Gasteiger charge is -2.09. The molecule has 152 valence electrons. The van der Waals surface area contributed by atoms with Gasteiger partial charge in [0.25, 0.3) is 0 Å². The monoisotopic (exact) mass is 396 g/mol. The number of benzene rings is 1. The highest BCUT2D eigenvalue weighted by Crippen LogP contribution is 2.18. The van der Waals surface area contributed by atoms with Gasteiger partial charge in [0.05, 0.1) is 7.11 Å². The van der Waals surface area contributed by atoms with Gasteiger partial charge in [-0.2, -0.15) is 0 Å². The van der Waals surface area contributed by atoms with E-state index in [9.17, 15) is 14.4 Å². The number of fused-ring (bicyclic) bond motifs is 1. The summed E-state index contributed by atoms with van der Waals surface area (Å²) >= 11 is 0. The molecule has 0 saturated heterocycles. The number of hydrogen-bond donors (Lipinski definition) is 1. The van der Waals surface area contributed by atoms with Crippen LogP contribution in [0.4, 0.5) is 0 Å². The first kappa shape index (κ1) is 20.4. The molecule has 1 aromatic carbocycles. The second-order valence-electron chi connectivity index (χ2n) is 6.89. The Morgan fingerprint density at radius 3 is 2.59 bits per heavy atom. The number of carbonyl (C=O) groups is 3. The number of ether oxygens (including phenoxy) is 2. The molecule has 0 aliphatic rings. The number of nitrogens with zero attached hydrogens (tertiary/aromatic N) is 1. The fourth-order valence-corrected chi connectivity index (χ4v) is 3.38. The van der Waals surface area contributed by atoms with E-state index >= 15 is 0 Å². The fourth-order valence-electron chi connectivity index (χ4n) is 3.38. The molecular weight excluding hydrogens is 372 g/mol. The fraction of sp³-hybridized carbons (Fsp3) is 0.318. The topological polar surface area (TPSA) is 90.4 Å². The number of para-hydroxylation sites is 1. The highest BCUT2D eigenvalue weighted by atomic mass is 16.5. The largest absolute Gasteiger partial charge is 0.469 e. The van der Waals surface area contributed by atoms with Crippen molar-refractivity contribution < 1.29 is 23.9 Å². The summed E-state index contributed by atoms with van der Waals surface area (Å²) in [5.74, 6) is -1.09. The van der Waals surface area contributed by atoms with Crippen LogP contribution in [-0.4, -0.2) is 41.0 Å². The molecule has 0 atom stereocenters. The van der Waals surface area contributed by atoms with Crippen LogP contribution in [0.5, 0.6) is 0 Å². The molecule has 1 N–H and O–H groups in total. The van der Waals surface area contributed by atoms with Gasteiger partial charge in [-0.05, 0) is 38.5 Å². The van der Waals surface area contributed by atoms with Crippen molar-refractivity contribution >= 4 is 28.6 Å². The predicted molar refractivity (Wildman–Crippen MR) is 108 cm³/mol. The summed E-state index contributed by atoms with van der Waals surface area (Å²) in [5, 5.41) is 0.904. The van der Waals surface area contributed by atoms with E-state index in [0.717, 1.165) is 22.3 Å². The van der Waals surface area contributed by atoms with Crippen molar-refractivity contribution in [1.82, 2.24) is 9.55 Å². The molecule has 0 amide bonds. The van der Waals surface area contributed by atoms with Crippen molar-refractivity contribution in [3.05, 3.63) is 59.0 Å². The predicted octanol–water partition coefficient (Wildman–Crippen LogP) is 3.58. The molecule has 2 heterocycles. The van der Waals surface area contributed by atoms with E-state index in [0.29, 0.717) is 30.6 Å². The maximum absolute atomic E-state index is 12.6. The highest BCUT2D eigenvalue weighted by Gasteiger charge is 2.19. The van der Waals surface area contributed by atoms with E-state index in [4.69, 9.17) is 4.74 Å². The number of hydrogen-bond acceptors (Lipinski definition) is 5. The van der Waals surface area contributed by atoms with Crippen LogP contribution in [0.1, 0.15) is 45.1 Å². The lowest BCUT2D eigenvalue weighted by Crippen LogP contribution is -2.15. The first-order valence-electron chi connectivity index (χ1n) is 9.42. The Morgan fingerprint density at radius 1 is 1.10 bits per heavy atom. The van der Waals surface area contributed by atoms with Gasteiger partial charge in [-0.25, -0.2) is 4.79 Å². The number of H-pyrrole nitrogens is 1. The molecule has 0 bridgehead atoms. The number of rotatable bonds is 8. The molecule has 29 heavy (non-hydrogen) atoms. The van der Waals surface area contributed by atoms with Crippen molar-refractivity contribution in [2.45, 2.75) is 33.2 Å². The van der Waals surface area contributed by atoms with Crippen molar-refractivity contribution in [3.8, 4) is 0 Å². The average molecular weight is 396 g/mol. The number of carbonyl (C=O) groups excluding carboxylic acids is 3. The van der Waals surface area contributed by atoms with Crippen molar-refractivity contribution in [2.24, 2.45) is 0 Å². The molecule has 0 radical (unpaired) electrons. The number of aromatic nitrogens is 2. The third-order valence-electron chi connectivity index (χ3n) is 4.95. The molecule has 2 aromatic heterocycles. The summed E-state index contributed by atoms with van der Waals surface area (Å²) in [7, 11) is 1.36. The van der Waals surface area contributed by atoms with Gasteiger partial charge in [0.15, 0.2) is 6.61 Å². The first-order chi connectivity index (χ1) is 13.9. The summed E-state index contributed by atoms with van der Waals surface area (Å²) in [5.41, 5.74) is 3.37. The van der Waals surface area contributed by atoms with E-state index in [1.54, 1.807) is 12.1 Å². The number of ketones is 1. The molecule has 3 aromatic rings. The number of aromatic amines is 1. The number of esters is 2. The number of nitrogens with one attached hydrogen (secondary N) is 1. The Morgan fingerprint density at radius 2 is 1.86 bits per heavy atom. The molecular formula is C22H24N2O5. The van der Waals surface area contributed by atoms with Crippen LogP contribution in [0.15, 0.2) is 36.4 Å². The second kappa shape index (κ2) is 8.77. The zero-order valence-electron chi connectivity index (χ0n) is 16.8. The van der Waals surface area contributed by atoms with Gasteiger partial charge in [-0.15, -0.1) is 0 Å². The zero-order valence-corrected chi connectivity index (χ0v) is 16.8. The summed E-state index contributed by atoms with van der Waals surface area (Å²) in [6, 6.07) is 11.0. The Hall–Kier alpha value is -3.35. The Balaban J connectivity index is 1.62. The quantitative estimate of drug-likeness (QED) is 0.464. The van der Waals surface area contributed by atoms with E-state index in [1.807, 2.05) is 42.7 Å². The molecule has 0 unspecified atom stereocenters. The van der Waals surface area contributed by atoms with Crippen LogP contribution >= 0.6 is 0 Å². The normalized spacial score (nSPS) is 10.9. The van der Waals surface area contributed by atoms with Gasteiger partial charge in [-0.3, -0.25) is 9.59 Å². The number of methoxy groups -OCH3 is 1. The summed E-state index contributed by atoms with van der Waals surface area (Å²) in [6.45, 7) is 4.02. The molecule has 0 saturated carbocycles. The molecule has 7 nitrogen and oxygen atoms in total. The average Bonchev–Trinajstić information content (AvgIpc) is 3.27. The van der Waals surface area contributed by atoms with Crippen LogP contribution < -0.4 is 0 Å².